The third-order valence-corrected chi connectivity index (χ3v) is 10.5. The summed E-state index contributed by atoms with van der Waals surface area (Å²) in [5.41, 5.74) is 1.57. The number of carboxylic acids is 1. The van der Waals surface area contributed by atoms with Crippen LogP contribution >= 0.6 is 0 Å². The van der Waals surface area contributed by atoms with Crippen molar-refractivity contribution in [3.05, 3.63) is 34.6 Å². The molecule has 3 aliphatic heterocycles. The van der Waals surface area contributed by atoms with Crippen molar-refractivity contribution in [2.75, 3.05) is 11.4 Å². The van der Waals surface area contributed by atoms with E-state index in [0.717, 1.165) is 41.8 Å². The summed E-state index contributed by atoms with van der Waals surface area (Å²) in [6, 6.07) is 9.23. The molecule has 0 amide bonds. The molecule has 1 aromatic carbocycles. The standard InChI is InChI=1S/C30H40N4O3/c35-29-28(32-13-12-27(32)30(36)37)31-25-10-3-4-11-26(25)34(29)24-17-21-8-5-9-22(18-24)33(21)23-15-19-6-1-2-7-20(14-19)16-23/h3-4,10-11,19-24,27H,1-2,5-9,12-18H2,(H,36,37)/t19-,20+,21-,22+,23?,24?,27-/m1/s1. The minimum atomic E-state index is -0.872. The van der Waals surface area contributed by atoms with Crippen molar-refractivity contribution < 1.29 is 9.90 Å². The summed E-state index contributed by atoms with van der Waals surface area (Å²) in [5, 5.41) is 9.64. The van der Waals surface area contributed by atoms with Gasteiger partial charge < -0.3 is 14.6 Å². The van der Waals surface area contributed by atoms with Gasteiger partial charge >= 0.3 is 5.97 Å². The minimum absolute atomic E-state index is 0.107. The van der Waals surface area contributed by atoms with Crippen molar-refractivity contribution in [3.8, 4) is 0 Å². The number of para-hydroxylation sites is 2. The van der Waals surface area contributed by atoms with Gasteiger partial charge in [0.25, 0.3) is 5.56 Å². The molecule has 4 heterocycles. The molecule has 5 fully saturated rings. The fourth-order valence-corrected chi connectivity index (χ4v) is 8.90. The predicted octanol–water partition coefficient (Wildman–Crippen LogP) is 4.98. The van der Waals surface area contributed by atoms with E-state index in [-0.39, 0.29) is 11.6 Å². The SMILES string of the molecule is O=C(O)[C@H]1CCN1c1nc2ccccc2n(C2C[C@H]3CCC[C@@H](C2)N3C2C[C@H]3CCCC[C@@H](C2)C3)c1=O. The van der Waals surface area contributed by atoms with Gasteiger partial charge in [0.15, 0.2) is 5.82 Å². The molecule has 5 aliphatic rings. The molecule has 198 valence electrons. The summed E-state index contributed by atoms with van der Waals surface area (Å²) in [6.45, 7) is 0.575. The van der Waals surface area contributed by atoms with Crippen molar-refractivity contribution in [1.82, 2.24) is 14.5 Å². The topological polar surface area (TPSA) is 78.7 Å². The van der Waals surface area contributed by atoms with Crippen LogP contribution in [0.3, 0.4) is 0 Å². The van der Waals surface area contributed by atoms with Crippen LogP contribution in [-0.4, -0.2) is 56.2 Å². The van der Waals surface area contributed by atoms with E-state index >= 15 is 0 Å². The molecule has 2 saturated carbocycles. The summed E-state index contributed by atoms with van der Waals surface area (Å²) in [5.74, 6) is 1.28. The van der Waals surface area contributed by atoms with Gasteiger partial charge in [-0.2, -0.15) is 0 Å². The summed E-state index contributed by atoms with van der Waals surface area (Å²) in [6.07, 6.45) is 16.2. The summed E-state index contributed by atoms with van der Waals surface area (Å²) >= 11 is 0. The zero-order valence-corrected chi connectivity index (χ0v) is 21.8. The second kappa shape index (κ2) is 9.40. The van der Waals surface area contributed by atoms with Crippen LogP contribution in [0.15, 0.2) is 29.1 Å². The van der Waals surface area contributed by atoms with E-state index in [1.54, 1.807) is 4.90 Å². The molecule has 0 radical (unpaired) electrons. The van der Waals surface area contributed by atoms with Crippen LogP contribution in [0.25, 0.3) is 11.0 Å². The minimum Gasteiger partial charge on any atom is -0.480 e. The number of piperidine rings is 2. The number of nitrogens with zero attached hydrogens (tertiary/aromatic N) is 4. The normalized spacial score (nSPS) is 36.1. The Morgan fingerprint density at radius 3 is 2.16 bits per heavy atom. The highest BCUT2D eigenvalue weighted by Gasteiger charge is 2.45. The first kappa shape index (κ1) is 23.7. The zero-order chi connectivity index (χ0) is 25.1. The summed E-state index contributed by atoms with van der Waals surface area (Å²) in [7, 11) is 0. The van der Waals surface area contributed by atoms with Crippen molar-refractivity contribution >= 4 is 22.8 Å². The number of aliphatic carboxylic acids is 1. The van der Waals surface area contributed by atoms with Crippen LogP contribution in [0.4, 0.5) is 5.82 Å². The molecule has 7 atom stereocenters. The Kier molecular flexibility index (Phi) is 6.02. The second-order valence-corrected chi connectivity index (χ2v) is 12.6. The number of rotatable bonds is 4. The zero-order valence-electron chi connectivity index (χ0n) is 21.8. The highest BCUT2D eigenvalue weighted by atomic mass is 16.4. The molecular formula is C30H40N4O3. The monoisotopic (exact) mass is 504 g/mol. The molecule has 1 N–H and O–H groups in total. The number of anilines is 1. The molecule has 7 nitrogen and oxygen atoms in total. The van der Waals surface area contributed by atoms with Gasteiger partial charge in [0.05, 0.1) is 11.0 Å². The average molecular weight is 505 g/mol. The highest BCUT2D eigenvalue weighted by Crippen LogP contribution is 2.47. The Bertz CT molecular complexity index is 1220. The number of carboxylic acid groups (broad SMARTS) is 1. The third kappa shape index (κ3) is 4.08. The summed E-state index contributed by atoms with van der Waals surface area (Å²) in [4.78, 5) is 35.1. The van der Waals surface area contributed by atoms with E-state index < -0.39 is 12.0 Å². The van der Waals surface area contributed by atoms with Crippen LogP contribution in [0.5, 0.6) is 0 Å². The maximum atomic E-state index is 14.0. The molecule has 2 unspecified atom stereocenters. The number of benzene rings is 1. The van der Waals surface area contributed by atoms with E-state index in [2.05, 4.69) is 4.90 Å². The van der Waals surface area contributed by atoms with Gasteiger partial charge in [-0.25, -0.2) is 9.78 Å². The van der Waals surface area contributed by atoms with Gasteiger partial charge in [-0.15, -0.1) is 0 Å². The molecule has 0 spiro atoms. The largest absolute Gasteiger partial charge is 0.480 e. The van der Waals surface area contributed by atoms with Crippen LogP contribution in [-0.2, 0) is 4.79 Å². The Morgan fingerprint density at radius 1 is 0.811 bits per heavy atom. The van der Waals surface area contributed by atoms with E-state index in [0.29, 0.717) is 30.9 Å². The number of aromatic nitrogens is 2. The van der Waals surface area contributed by atoms with Crippen molar-refractivity contribution in [1.29, 1.82) is 0 Å². The Labute approximate surface area is 218 Å². The lowest BCUT2D eigenvalue weighted by Crippen LogP contribution is -2.59. The fourth-order valence-electron chi connectivity index (χ4n) is 8.90. The molecule has 7 rings (SSSR count). The quantitative estimate of drug-likeness (QED) is 0.633. The maximum absolute atomic E-state index is 14.0. The van der Waals surface area contributed by atoms with Crippen molar-refractivity contribution in [2.45, 2.75) is 114 Å². The first-order valence-electron chi connectivity index (χ1n) is 14.8. The van der Waals surface area contributed by atoms with Crippen LogP contribution in [0, 0.1) is 11.8 Å². The van der Waals surface area contributed by atoms with E-state index in [4.69, 9.17) is 4.98 Å². The molecule has 37 heavy (non-hydrogen) atoms. The van der Waals surface area contributed by atoms with Crippen LogP contribution in [0.2, 0.25) is 0 Å². The Balaban J connectivity index is 1.22. The third-order valence-electron chi connectivity index (χ3n) is 10.5. The lowest BCUT2D eigenvalue weighted by Gasteiger charge is -2.54. The van der Waals surface area contributed by atoms with Gasteiger partial charge in [0, 0.05) is 30.7 Å². The fraction of sp³-hybridized carbons (Fsp3) is 0.700. The lowest BCUT2D eigenvalue weighted by molar-refractivity contribution is -0.140. The van der Waals surface area contributed by atoms with Gasteiger partial charge in [0.2, 0.25) is 0 Å². The van der Waals surface area contributed by atoms with Crippen molar-refractivity contribution in [2.24, 2.45) is 11.8 Å². The Morgan fingerprint density at radius 2 is 1.51 bits per heavy atom. The van der Waals surface area contributed by atoms with E-state index in [1.807, 2.05) is 28.8 Å². The number of hydrogen-bond acceptors (Lipinski definition) is 5. The van der Waals surface area contributed by atoms with Crippen LogP contribution in [0.1, 0.15) is 89.5 Å². The number of carbonyl (C=O) groups is 1. The molecule has 4 bridgehead atoms. The molecule has 2 aromatic rings. The van der Waals surface area contributed by atoms with E-state index in [9.17, 15) is 14.7 Å². The lowest BCUT2D eigenvalue weighted by atomic mass is 9.73. The van der Waals surface area contributed by atoms with Gasteiger partial charge in [0.1, 0.15) is 6.04 Å². The second-order valence-electron chi connectivity index (χ2n) is 12.6. The maximum Gasteiger partial charge on any atom is 0.326 e. The first-order chi connectivity index (χ1) is 18.1. The average Bonchev–Trinajstić information content (AvgIpc) is 3.02. The predicted molar refractivity (Wildman–Crippen MR) is 144 cm³/mol. The summed E-state index contributed by atoms with van der Waals surface area (Å²) < 4.78 is 2.01. The van der Waals surface area contributed by atoms with Crippen LogP contribution < -0.4 is 10.5 Å². The van der Waals surface area contributed by atoms with Gasteiger partial charge in [-0.1, -0.05) is 44.2 Å². The van der Waals surface area contributed by atoms with Crippen molar-refractivity contribution in [3.63, 3.8) is 0 Å². The molecule has 2 aliphatic carbocycles. The van der Waals surface area contributed by atoms with Gasteiger partial charge in [-0.3, -0.25) is 9.69 Å². The van der Waals surface area contributed by atoms with E-state index in [1.165, 1.54) is 64.2 Å². The number of fused-ring (bicyclic) bond motifs is 5. The number of hydrogen-bond donors (Lipinski definition) is 1. The molecular weight excluding hydrogens is 464 g/mol. The molecule has 1 aromatic heterocycles. The highest BCUT2D eigenvalue weighted by molar-refractivity contribution is 5.81. The molecule has 7 heteroatoms. The smallest absolute Gasteiger partial charge is 0.326 e. The Hall–Kier alpha value is -2.41. The molecule has 3 saturated heterocycles. The first-order valence-corrected chi connectivity index (χ1v) is 14.8. The van der Waals surface area contributed by atoms with Gasteiger partial charge in [-0.05, 0) is 75.3 Å².